The van der Waals surface area contributed by atoms with Crippen molar-refractivity contribution in [1.82, 2.24) is 9.88 Å². The minimum atomic E-state index is -4.56. The minimum absolute atomic E-state index is 0.0103. The van der Waals surface area contributed by atoms with Crippen molar-refractivity contribution in [2.75, 3.05) is 20.1 Å². The van der Waals surface area contributed by atoms with Crippen molar-refractivity contribution in [3.8, 4) is 11.1 Å². The molecule has 2 atom stereocenters. The van der Waals surface area contributed by atoms with Gasteiger partial charge in [-0.05, 0) is 55.4 Å². The minimum Gasteiger partial charge on any atom is -0.366 e. The first-order chi connectivity index (χ1) is 14.5. The molecule has 1 aromatic carbocycles. The van der Waals surface area contributed by atoms with Crippen molar-refractivity contribution in [3.05, 3.63) is 57.8 Å². The van der Waals surface area contributed by atoms with Gasteiger partial charge in [-0.1, -0.05) is 0 Å². The molecule has 0 radical (unpaired) electrons. The summed E-state index contributed by atoms with van der Waals surface area (Å²) < 4.78 is 41.0. The zero-order chi connectivity index (χ0) is 22.6. The Morgan fingerprint density at radius 3 is 2.61 bits per heavy atom. The molecule has 1 aromatic heterocycles. The molecule has 0 bridgehead atoms. The van der Waals surface area contributed by atoms with E-state index in [0.29, 0.717) is 29.9 Å². The van der Waals surface area contributed by atoms with E-state index in [1.54, 1.807) is 19.1 Å². The number of carbonyl (C=O) groups is 1. The van der Waals surface area contributed by atoms with Crippen LogP contribution < -0.4 is 5.73 Å². The van der Waals surface area contributed by atoms with E-state index in [9.17, 15) is 22.9 Å². The highest BCUT2D eigenvalue weighted by Gasteiger charge is 2.59. The van der Waals surface area contributed by atoms with E-state index in [1.807, 2.05) is 7.05 Å². The number of hydrogen-bond donors (Lipinski definition) is 1. The quantitative estimate of drug-likeness (QED) is 0.746. The first-order valence-electron chi connectivity index (χ1n) is 10.2. The molecule has 2 aromatic rings. The summed E-state index contributed by atoms with van der Waals surface area (Å²) in [6, 6.07) is 5.60. The number of likely N-dealkylation sites (N-methyl/N-ethyl adjacent to an activating group) is 1. The first kappa shape index (κ1) is 21.4. The summed E-state index contributed by atoms with van der Waals surface area (Å²) in [4.78, 5) is 31.8. The van der Waals surface area contributed by atoms with Crippen LogP contribution in [0.1, 0.15) is 52.6 Å². The predicted molar refractivity (Wildman–Crippen MR) is 108 cm³/mol. The smallest absolute Gasteiger partial charge is 0.366 e. The molecule has 0 saturated carbocycles. The summed E-state index contributed by atoms with van der Waals surface area (Å²) in [6.07, 6.45) is -2.42. The third kappa shape index (κ3) is 3.82. The molecule has 2 saturated heterocycles. The molecule has 2 fully saturated rings. The molecule has 6 nitrogen and oxygen atoms in total. The van der Waals surface area contributed by atoms with Crippen LogP contribution in [-0.2, 0) is 6.18 Å². The number of aromatic nitrogens is 1. The Bertz CT molecular complexity index is 1070. The highest BCUT2D eigenvalue weighted by Crippen LogP contribution is 2.44. The van der Waals surface area contributed by atoms with Gasteiger partial charge in [-0.15, -0.1) is 0 Å². The number of pyridine rings is 1. The normalized spacial score (nSPS) is 24.3. The molecule has 9 heteroatoms. The lowest BCUT2D eigenvalue weighted by molar-refractivity contribution is -0.639. The summed E-state index contributed by atoms with van der Waals surface area (Å²) >= 11 is 0. The molecule has 3 heterocycles. The van der Waals surface area contributed by atoms with E-state index in [2.05, 4.69) is 9.88 Å². The number of benzene rings is 1. The van der Waals surface area contributed by atoms with Crippen LogP contribution in [0.25, 0.3) is 11.1 Å². The van der Waals surface area contributed by atoms with Crippen LogP contribution in [0.4, 0.5) is 13.2 Å². The topological polar surface area (TPSA) is 79.3 Å². The van der Waals surface area contributed by atoms with Crippen LogP contribution in [0.15, 0.2) is 30.3 Å². The zero-order valence-corrected chi connectivity index (χ0v) is 17.4. The highest BCUT2D eigenvalue weighted by atomic mass is 19.4. The second-order valence-corrected chi connectivity index (χ2v) is 8.64. The van der Waals surface area contributed by atoms with E-state index in [0.717, 1.165) is 42.3 Å². The lowest BCUT2D eigenvalue weighted by Crippen LogP contribution is -2.39. The number of halogens is 3. The number of nitrogens with zero attached hydrogens (tertiary/aromatic N) is 3. The lowest BCUT2D eigenvalue weighted by Gasteiger charge is -2.16. The van der Waals surface area contributed by atoms with E-state index in [4.69, 9.17) is 5.73 Å². The van der Waals surface area contributed by atoms with Crippen LogP contribution in [-0.4, -0.2) is 46.2 Å². The Balaban J connectivity index is 1.78. The van der Waals surface area contributed by atoms with Crippen LogP contribution in [0.2, 0.25) is 0 Å². The number of hydrogen-bond acceptors (Lipinski definition) is 4. The fraction of sp³-hybridized carbons (Fsp3) is 0.455. The number of primary amides is 1. The van der Waals surface area contributed by atoms with Gasteiger partial charge in [0, 0.05) is 46.7 Å². The van der Waals surface area contributed by atoms with Crippen LogP contribution in [0.3, 0.4) is 0 Å². The molecular formula is C22H24F3N4O2+. The van der Waals surface area contributed by atoms with Gasteiger partial charge in [0.15, 0.2) is 0 Å². The molecule has 2 N–H and O–H groups in total. The number of nitrogens with two attached hydrogens (primary N) is 1. The SMILES string of the molecule is Cc1cc(-c2cc(C(F)(F)F)ccc2C(N)=O)cc([C@@H]2CC[C@]3(CCN(C)C3)[N+]2=O)n1. The van der Waals surface area contributed by atoms with Crippen LogP contribution in [0.5, 0.6) is 0 Å². The second-order valence-electron chi connectivity index (χ2n) is 8.64. The number of alkyl halides is 3. The molecule has 1 spiro atoms. The molecule has 31 heavy (non-hydrogen) atoms. The molecule has 0 unspecified atom stereocenters. The number of aryl methyl sites for hydroxylation is 1. The van der Waals surface area contributed by atoms with E-state index in [1.165, 1.54) is 0 Å². The molecule has 4 rings (SSSR count). The van der Waals surface area contributed by atoms with Crippen molar-refractivity contribution in [3.63, 3.8) is 0 Å². The lowest BCUT2D eigenvalue weighted by atomic mass is 9.95. The zero-order valence-electron chi connectivity index (χ0n) is 17.4. The van der Waals surface area contributed by atoms with Gasteiger partial charge in [-0.25, -0.2) is 0 Å². The van der Waals surface area contributed by atoms with Gasteiger partial charge in [-0.3, -0.25) is 14.7 Å². The van der Waals surface area contributed by atoms with Crippen molar-refractivity contribution in [2.24, 2.45) is 5.73 Å². The van der Waals surface area contributed by atoms with Gasteiger partial charge < -0.3 is 5.73 Å². The van der Waals surface area contributed by atoms with E-state index < -0.39 is 29.2 Å². The Morgan fingerprint density at radius 1 is 1.26 bits per heavy atom. The molecule has 2 aliphatic rings. The summed E-state index contributed by atoms with van der Waals surface area (Å²) in [5.41, 5.74) is 5.63. The molecule has 1 amide bonds. The number of carbonyl (C=O) groups excluding carboxylic acids is 1. The largest absolute Gasteiger partial charge is 0.416 e. The van der Waals surface area contributed by atoms with Crippen molar-refractivity contribution in [2.45, 2.75) is 43.9 Å². The van der Waals surface area contributed by atoms with Gasteiger partial charge in [-0.2, -0.15) is 13.2 Å². The number of rotatable bonds is 3. The van der Waals surface area contributed by atoms with Crippen molar-refractivity contribution in [1.29, 1.82) is 0 Å². The maximum Gasteiger partial charge on any atom is 0.416 e. The van der Waals surface area contributed by atoms with Gasteiger partial charge in [0.2, 0.25) is 17.5 Å². The Kier molecular flexibility index (Phi) is 5.12. The molecule has 164 valence electrons. The summed E-state index contributed by atoms with van der Waals surface area (Å²) in [5, 5.41) is 0. The summed E-state index contributed by atoms with van der Waals surface area (Å²) in [6.45, 7) is 3.25. The fourth-order valence-electron chi connectivity index (χ4n) is 4.87. The summed E-state index contributed by atoms with van der Waals surface area (Å²) in [5.74, 6) is -0.820. The number of likely N-dealkylation sites (tertiary alicyclic amines) is 1. The predicted octanol–water partition coefficient (Wildman–Crippen LogP) is 3.86. The first-order valence-corrected chi connectivity index (χ1v) is 10.2. The number of amides is 1. The molecule has 2 aliphatic heterocycles. The van der Waals surface area contributed by atoms with Gasteiger partial charge in [0.25, 0.3) is 0 Å². The second kappa shape index (κ2) is 7.40. The molecule has 0 aliphatic carbocycles. The van der Waals surface area contributed by atoms with Crippen molar-refractivity contribution < 1.29 is 22.7 Å². The average Bonchev–Trinajstić information content (AvgIpc) is 3.23. The van der Waals surface area contributed by atoms with Gasteiger partial charge >= 0.3 is 6.18 Å². The van der Waals surface area contributed by atoms with Gasteiger partial charge in [0.1, 0.15) is 5.69 Å². The third-order valence-electron chi connectivity index (χ3n) is 6.39. The monoisotopic (exact) mass is 433 g/mol. The standard InChI is InChI=1S/C22H23F3N4O2/c1-13-9-14(17-11-15(22(23,24)25)3-4-16(17)20(26)30)10-18(27-13)19-5-6-21(29(19)31)7-8-28(2)12-21/h3-4,9-11,19H,5-8,12H2,1-2H3,(H-,26,30)/p+1/t19-,21+/m0/s1. The van der Waals surface area contributed by atoms with Gasteiger partial charge in [0.05, 0.1) is 12.1 Å². The Hall–Kier alpha value is -2.81. The Labute approximate surface area is 177 Å². The van der Waals surface area contributed by atoms with Crippen molar-refractivity contribution >= 4 is 5.91 Å². The van der Waals surface area contributed by atoms with Crippen LogP contribution in [0, 0.1) is 11.8 Å². The van der Waals surface area contributed by atoms with E-state index in [-0.39, 0.29) is 11.1 Å². The molecular weight excluding hydrogens is 409 g/mol. The Morgan fingerprint density at radius 2 is 2.00 bits per heavy atom. The maximum atomic E-state index is 13.3. The number of nitroso groups, excluding NO2 is 1. The van der Waals surface area contributed by atoms with Crippen LogP contribution >= 0.6 is 0 Å². The summed E-state index contributed by atoms with van der Waals surface area (Å²) in [7, 11) is 1.98. The van der Waals surface area contributed by atoms with E-state index >= 15 is 0 Å². The maximum absolute atomic E-state index is 13.3. The average molecular weight is 433 g/mol. The fourth-order valence-corrected chi connectivity index (χ4v) is 4.87. The highest BCUT2D eigenvalue weighted by molar-refractivity contribution is 6.00. The third-order valence-corrected chi connectivity index (χ3v) is 6.39.